The van der Waals surface area contributed by atoms with E-state index in [1.54, 1.807) is 24.3 Å². The van der Waals surface area contributed by atoms with Crippen LogP contribution in [0.5, 0.6) is 0 Å². The normalized spacial score (nSPS) is 24.8. The number of amides is 2. The van der Waals surface area contributed by atoms with Crippen LogP contribution in [0.3, 0.4) is 0 Å². The van der Waals surface area contributed by atoms with Gasteiger partial charge in [-0.3, -0.25) is 24.7 Å². The molecule has 2 saturated heterocycles. The minimum absolute atomic E-state index is 0.152. The molecule has 0 unspecified atom stereocenters. The molecule has 0 aromatic heterocycles. The first kappa shape index (κ1) is 18.5. The molecule has 150 valence electrons. The molecule has 5 rings (SSSR count). The van der Waals surface area contributed by atoms with Gasteiger partial charge in [0, 0.05) is 12.1 Å². The standard InChI is InChI=1S/C21H12N6O4/c22-10-21(11-23)17-16(18-15-4-2-1-3-12(15)9-24-26(18)21)19(28)25(20(17)29)13-5-7-14(8-6-13)27(30)31/h1-9,16-18H/t16-,17-,18-/m0/s1. The molecule has 0 bridgehead atoms. The van der Waals surface area contributed by atoms with Crippen LogP contribution in [0.15, 0.2) is 53.6 Å². The number of hydrogen-bond donors (Lipinski definition) is 0. The van der Waals surface area contributed by atoms with Gasteiger partial charge < -0.3 is 0 Å². The number of anilines is 1. The molecule has 3 aliphatic rings. The number of nitro groups is 1. The highest BCUT2D eigenvalue weighted by Gasteiger charge is 2.71. The molecule has 0 radical (unpaired) electrons. The summed E-state index contributed by atoms with van der Waals surface area (Å²) in [5.74, 6) is -3.52. The predicted molar refractivity (Wildman–Crippen MR) is 105 cm³/mol. The topological polar surface area (TPSA) is 144 Å². The lowest BCUT2D eigenvalue weighted by Crippen LogP contribution is -2.49. The van der Waals surface area contributed by atoms with E-state index in [4.69, 9.17) is 0 Å². The molecule has 0 N–H and O–H groups in total. The van der Waals surface area contributed by atoms with Gasteiger partial charge in [0.15, 0.2) is 0 Å². The van der Waals surface area contributed by atoms with Crippen molar-refractivity contribution in [3.8, 4) is 12.1 Å². The summed E-state index contributed by atoms with van der Waals surface area (Å²) < 4.78 is 0. The molecule has 0 aliphatic carbocycles. The van der Waals surface area contributed by atoms with Crippen LogP contribution in [0, 0.1) is 44.6 Å². The number of non-ortho nitro benzene ring substituents is 1. The fraction of sp³-hybridized carbons (Fsp3) is 0.190. The molecule has 2 amide bonds. The summed E-state index contributed by atoms with van der Waals surface area (Å²) in [5, 5.41) is 36.4. The molecule has 2 fully saturated rings. The Bertz CT molecular complexity index is 1260. The number of imide groups is 1. The summed E-state index contributed by atoms with van der Waals surface area (Å²) in [6.45, 7) is 0. The van der Waals surface area contributed by atoms with E-state index in [-0.39, 0.29) is 11.4 Å². The summed E-state index contributed by atoms with van der Waals surface area (Å²) >= 11 is 0. The summed E-state index contributed by atoms with van der Waals surface area (Å²) in [5.41, 5.74) is -0.552. The molecular formula is C21H12N6O4. The maximum atomic E-state index is 13.5. The molecule has 0 spiro atoms. The Morgan fingerprint density at radius 2 is 1.71 bits per heavy atom. The number of hydrogen-bond acceptors (Lipinski definition) is 8. The van der Waals surface area contributed by atoms with Crippen LogP contribution in [-0.2, 0) is 9.59 Å². The Hall–Kier alpha value is -4.57. The Morgan fingerprint density at radius 3 is 2.35 bits per heavy atom. The number of carbonyl (C=O) groups excluding carboxylic acids is 2. The maximum absolute atomic E-state index is 13.5. The van der Waals surface area contributed by atoms with Gasteiger partial charge in [0.2, 0.25) is 17.4 Å². The third kappa shape index (κ3) is 2.21. The van der Waals surface area contributed by atoms with Gasteiger partial charge in [-0.1, -0.05) is 24.3 Å². The molecular weight excluding hydrogens is 400 g/mol. The summed E-state index contributed by atoms with van der Waals surface area (Å²) in [7, 11) is 0. The van der Waals surface area contributed by atoms with Crippen molar-refractivity contribution < 1.29 is 14.5 Å². The van der Waals surface area contributed by atoms with Gasteiger partial charge in [-0.2, -0.15) is 15.6 Å². The Labute approximate surface area is 175 Å². The minimum atomic E-state index is -1.96. The first-order chi connectivity index (χ1) is 14.9. The monoisotopic (exact) mass is 412 g/mol. The van der Waals surface area contributed by atoms with Crippen molar-refractivity contribution in [2.24, 2.45) is 16.9 Å². The van der Waals surface area contributed by atoms with Crippen LogP contribution in [0.2, 0.25) is 0 Å². The molecule has 2 aromatic carbocycles. The molecule has 10 nitrogen and oxygen atoms in total. The van der Waals surface area contributed by atoms with E-state index in [0.717, 1.165) is 10.5 Å². The number of nitrogens with zero attached hydrogens (tertiary/aromatic N) is 6. The minimum Gasteiger partial charge on any atom is -0.274 e. The van der Waals surface area contributed by atoms with Crippen molar-refractivity contribution in [3.63, 3.8) is 0 Å². The number of nitro benzene ring substituents is 1. The van der Waals surface area contributed by atoms with Crippen LogP contribution in [0.25, 0.3) is 0 Å². The molecule has 31 heavy (non-hydrogen) atoms. The van der Waals surface area contributed by atoms with E-state index < -0.39 is 40.2 Å². The maximum Gasteiger partial charge on any atom is 0.269 e. The fourth-order valence-corrected chi connectivity index (χ4v) is 4.72. The van der Waals surface area contributed by atoms with E-state index in [1.807, 2.05) is 12.1 Å². The van der Waals surface area contributed by atoms with E-state index in [2.05, 4.69) is 5.10 Å². The first-order valence-corrected chi connectivity index (χ1v) is 9.31. The first-order valence-electron chi connectivity index (χ1n) is 9.31. The quantitative estimate of drug-likeness (QED) is 0.416. The van der Waals surface area contributed by atoms with Crippen LogP contribution in [0.4, 0.5) is 11.4 Å². The van der Waals surface area contributed by atoms with Gasteiger partial charge in [0.05, 0.1) is 28.8 Å². The number of carbonyl (C=O) groups is 2. The van der Waals surface area contributed by atoms with E-state index in [0.29, 0.717) is 5.56 Å². The lowest BCUT2D eigenvalue weighted by Gasteiger charge is -2.35. The molecule has 10 heteroatoms. The third-order valence-electron chi connectivity index (χ3n) is 6.06. The number of nitriles is 2. The lowest BCUT2D eigenvalue weighted by molar-refractivity contribution is -0.384. The van der Waals surface area contributed by atoms with Crippen LogP contribution in [0.1, 0.15) is 17.2 Å². The van der Waals surface area contributed by atoms with Crippen LogP contribution >= 0.6 is 0 Å². The summed E-state index contributed by atoms with van der Waals surface area (Å²) in [4.78, 5) is 38.1. The smallest absolute Gasteiger partial charge is 0.269 e. The predicted octanol–water partition coefficient (Wildman–Crippen LogP) is 1.89. The second kappa shape index (κ2) is 6.21. The Kier molecular flexibility index (Phi) is 3.70. The number of hydrazone groups is 1. The van der Waals surface area contributed by atoms with Gasteiger partial charge in [-0.05, 0) is 23.3 Å². The fourth-order valence-electron chi connectivity index (χ4n) is 4.72. The average Bonchev–Trinajstić information content (AvgIpc) is 3.24. The lowest BCUT2D eigenvalue weighted by atomic mass is 9.80. The van der Waals surface area contributed by atoms with E-state index in [1.165, 1.54) is 35.5 Å². The van der Waals surface area contributed by atoms with Crippen molar-refractivity contribution in [1.82, 2.24) is 5.01 Å². The largest absolute Gasteiger partial charge is 0.274 e. The van der Waals surface area contributed by atoms with Crippen molar-refractivity contribution >= 4 is 29.4 Å². The average molecular weight is 412 g/mol. The molecule has 3 heterocycles. The summed E-state index contributed by atoms with van der Waals surface area (Å²) in [6, 6.07) is 15.3. The van der Waals surface area contributed by atoms with Crippen LogP contribution in [-0.4, -0.2) is 33.5 Å². The second-order valence-electron chi connectivity index (χ2n) is 7.44. The van der Waals surface area contributed by atoms with E-state index in [9.17, 15) is 30.2 Å². The number of fused-ring (bicyclic) bond motifs is 5. The highest BCUT2D eigenvalue weighted by molar-refractivity contribution is 6.23. The molecule has 3 aliphatic heterocycles. The Morgan fingerprint density at radius 1 is 1.03 bits per heavy atom. The van der Waals surface area contributed by atoms with Crippen molar-refractivity contribution in [3.05, 3.63) is 69.8 Å². The van der Waals surface area contributed by atoms with Crippen LogP contribution < -0.4 is 4.90 Å². The zero-order valence-electron chi connectivity index (χ0n) is 15.7. The summed E-state index contributed by atoms with van der Waals surface area (Å²) in [6.07, 6.45) is 1.51. The van der Waals surface area contributed by atoms with E-state index >= 15 is 0 Å². The SMILES string of the molecule is N#CC1(C#N)[C@@H]2C(=O)N(c3ccc([N+](=O)[O-])cc3)C(=O)[C@@H]2[C@@H]2c3ccccc3C=NN21. The number of rotatable bonds is 2. The molecule has 3 atom stereocenters. The van der Waals surface area contributed by atoms with Gasteiger partial charge in [-0.15, -0.1) is 0 Å². The van der Waals surface area contributed by atoms with Crippen molar-refractivity contribution in [2.75, 3.05) is 4.90 Å². The van der Waals surface area contributed by atoms with Crippen molar-refractivity contribution in [2.45, 2.75) is 11.6 Å². The highest BCUT2D eigenvalue weighted by Crippen LogP contribution is 2.56. The van der Waals surface area contributed by atoms with Crippen molar-refractivity contribution in [1.29, 1.82) is 10.5 Å². The van der Waals surface area contributed by atoms with Gasteiger partial charge in [0.1, 0.15) is 18.1 Å². The second-order valence-corrected chi connectivity index (χ2v) is 7.44. The molecule has 0 saturated carbocycles. The zero-order valence-corrected chi connectivity index (χ0v) is 15.7. The van der Waals surface area contributed by atoms with Gasteiger partial charge in [0.25, 0.3) is 5.69 Å². The highest BCUT2D eigenvalue weighted by atomic mass is 16.6. The zero-order chi connectivity index (χ0) is 21.9. The van der Waals surface area contributed by atoms with Gasteiger partial charge in [-0.25, -0.2) is 4.90 Å². The van der Waals surface area contributed by atoms with Gasteiger partial charge >= 0.3 is 0 Å². The third-order valence-corrected chi connectivity index (χ3v) is 6.06. The number of benzene rings is 2. The molecule has 2 aromatic rings. The Balaban J connectivity index is 1.66.